The van der Waals surface area contributed by atoms with Crippen molar-refractivity contribution in [2.45, 2.75) is 22.7 Å². The molecule has 4 nitrogen and oxygen atoms in total. The normalized spacial score (nSPS) is 14.5. The Labute approximate surface area is 139 Å². The zero-order valence-electron chi connectivity index (χ0n) is 12.1. The number of nitrogens with one attached hydrogen (secondary N) is 1. The van der Waals surface area contributed by atoms with Crippen molar-refractivity contribution in [1.82, 2.24) is 4.72 Å². The van der Waals surface area contributed by atoms with Crippen molar-refractivity contribution in [3.05, 3.63) is 65.7 Å². The zero-order chi connectivity index (χ0) is 16.2. The van der Waals surface area contributed by atoms with Crippen molar-refractivity contribution in [1.29, 1.82) is 0 Å². The van der Waals surface area contributed by atoms with Gasteiger partial charge in [-0.15, -0.1) is 0 Å². The molecule has 118 valence electrons. The van der Waals surface area contributed by atoms with E-state index in [1.807, 2.05) is 37.3 Å². The minimum Gasteiger partial charge on any atom is -0.395 e. The summed E-state index contributed by atoms with van der Waals surface area (Å²) in [6.45, 7) is 1.72. The Bertz CT molecular complexity index is 702. The maximum Gasteiger partial charge on any atom is 0.241 e. The molecule has 0 aliphatic rings. The zero-order valence-corrected chi connectivity index (χ0v) is 14.5. The van der Waals surface area contributed by atoms with Crippen molar-refractivity contribution >= 4 is 26.0 Å². The molecule has 6 heteroatoms. The van der Waals surface area contributed by atoms with Gasteiger partial charge in [-0.05, 0) is 24.6 Å². The fraction of sp³-hybridized carbons (Fsp3) is 0.250. The van der Waals surface area contributed by atoms with Crippen molar-refractivity contribution < 1.29 is 13.5 Å². The first-order valence-corrected chi connectivity index (χ1v) is 9.23. The summed E-state index contributed by atoms with van der Waals surface area (Å²) in [5.74, 6) is 0. The van der Waals surface area contributed by atoms with E-state index in [2.05, 4.69) is 20.7 Å². The van der Waals surface area contributed by atoms with Gasteiger partial charge in [-0.1, -0.05) is 64.0 Å². The number of rotatable bonds is 6. The quantitative estimate of drug-likeness (QED) is 0.753. The molecule has 0 bridgehead atoms. The van der Waals surface area contributed by atoms with Crippen molar-refractivity contribution in [2.75, 3.05) is 6.61 Å². The summed E-state index contributed by atoms with van der Waals surface area (Å²) in [5.41, 5.74) is 1.78. The molecule has 2 aromatic rings. The first-order valence-electron chi connectivity index (χ1n) is 6.83. The van der Waals surface area contributed by atoms with E-state index >= 15 is 0 Å². The number of hydrogen-bond donors (Lipinski definition) is 2. The van der Waals surface area contributed by atoms with Crippen LogP contribution in [0, 0.1) is 6.92 Å². The number of alkyl halides is 1. The van der Waals surface area contributed by atoms with Gasteiger partial charge in [0.05, 0.1) is 22.4 Å². The van der Waals surface area contributed by atoms with Crippen LogP contribution in [0.1, 0.15) is 17.2 Å². The summed E-state index contributed by atoms with van der Waals surface area (Å²) in [6.07, 6.45) is 0. The van der Waals surface area contributed by atoms with Gasteiger partial charge in [0, 0.05) is 0 Å². The van der Waals surface area contributed by atoms with Gasteiger partial charge >= 0.3 is 0 Å². The fourth-order valence-electron chi connectivity index (χ4n) is 2.07. The van der Waals surface area contributed by atoms with E-state index in [0.717, 1.165) is 11.1 Å². The molecule has 0 heterocycles. The van der Waals surface area contributed by atoms with E-state index in [1.54, 1.807) is 24.3 Å². The number of aliphatic hydroxyl groups excluding tert-OH is 1. The highest BCUT2D eigenvalue weighted by Crippen LogP contribution is 2.25. The molecule has 0 aromatic heterocycles. The maximum atomic E-state index is 12.5. The van der Waals surface area contributed by atoms with Crippen LogP contribution in [0.2, 0.25) is 0 Å². The smallest absolute Gasteiger partial charge is 0.241 e. The molecule has 2 rings (SSSR count). The van der Waals surface area contributed by atoms with E-state index in [0.29, 0.717) is 0 Å². The second kappa shape index (κ2) is 7.37. The molecule has 0 amide bonds. The van der Waals surface area contributed by atoms with Crippen LogP contribution in [0.15, 0.2) is 59.5 Å². The number of halogens is 1. The SMILES string of the molecule is Cc1ccc(S(=O)(=O)N[C@H](c2ccccc2)[C@@H](Br)CO)cc1. The molecule has 2 N–H and O–H groups in total. The van der Waals surface area contributed by atoms with Crippen LogP contribution in [0.5, 0.6) is 0 Å². The van der Waals surface area contributed by atoms with E-state index in [-0.39, 0.29) is 11.5 Å². The van der Waals surface area contributed by atoms with Crippen molar-refractivity contribution in [2.24, 2.45) is 0 Å². The first-order chi connectivity index (χ1) is 10.4. The highest BCUT2D eigenvalue weighted by atomic mass is 79.9. The van der Waals surface area contributed by atoms with E-state index in [4.69, 9.17) is 0 Å². The molecule has 0 fully saturated rings. The Hall–Kier alpha value is -1.21. The van der Waals surface area contributed by atoms with Crippen molar-refractivity contribution in [3.63, 3.8) is 0 Å². The van der Waals surface area contributed by atoms with E-state index in [1.165, 1.54) is 0 Å². The largest absolute Gasteiger partial charge is 0.395 e. The minimum absolute atomic E-state index is 0.185. The summed E-state index contributed by atoms with van der Waals surface area (Å²) in [6, 6.07) is 15.3. The van der Waals surface area contributed by atoms with Gasteiger partial charge < -0.3 is 5.11 Å². The van der Waals surface area contributed by atoms with E-state index < -0.39 is 20.9 Å². The lowest BCUT2D eigenvalue weighted by Crippen LogP contribution is -2.35. The highest BCUT2D eigenvalue weighted by Gasteiger charge is 2.26. The molecule has 2 aromatic carbocycles. The average Bonchev–Trinajstić information content (AvgIpc) is 2.53. The third-order valence-corrected chi connectivity index (χ3v) is 5.58. The Morgan fingerprint density at radius 3 is 2.23 bits per heavy atom. The fourth-order valence-corrected chi connectivity index (χ4v) is 3.95. The van der Waals surface area contributed by atoms with Crippen LogP contribution in [0.4, 0.5) is 0 Å². The molecule has 2 atom stereocenters. The third-order valence-electron chi connectivity index (χ3n) is 3.31. The molecule has 0 aliphatic carbocycles. The maximum absolute atomic E-state index is 12.5. The summed E-state index contributed by atoms with van der Waals surface area (Å²) >= 11 is 3.34. The van der Waals surface area contributed by atoms with Crippen LogP contribution < -0.4 is 4.72 Å². The second-order valence-electron chi connectivity index (χ2n) is 5.02. The summed E-state index contributed by atoms with van der Waals surface area (Å²) in [4.78, 5) is -0.216. The van der Waals surface area contributed by atoms with Gasteiger partial charge in [-0.3, -0.25) is 0 Å². The number of hydrogen-bond acceptors (Lipinski definition) is 3. The number of aliphatic hydroxyl groups is 1. The first kappa shape index (κ1) is 17.1. The Kier molecular flexibility index (Phi) is 5.74. The van der Waals surface area contributed by atoms with Gasteiger partial charge in [0.25, 0.3) is 0 Å². The van der Waals surface area contributed by atoms with Gasteiger partial charge in [0.15, 0.2) is 0 Å². The lowest BCUT2D eigenvalue weighted by Gasteiger charge is -2.23. The topological polar surface area (TPSA) is 66.4 Å². The Balaban J connectivity index is 2.32. The monoisotopic (exact) mass is 383 g/mol. The van der Waals surface area contributed by atoms with Crippen LogP contribution >= 0.6 is 15.9 Å². The Morgan fingerprint density at radius 1 is 1.09 bits per heavy atom. The summed E-state index contributed by atoms with van der Waals surface area (Å²) in [5, 5.41) is 9.39. The molecule has 0 saturated carbocycles. The average molecular weight is 384 g/mol. The number of sulfonamides is 1. The summed E-state index contributed by atoms with van der Waals surface area (Å²) in [7, 11) is -3.67. The molecule has 0 unspecified atom stereocenters. The summed E-state index contributed by atoms with van der Waals surface area (Å²) < 4.78 is 27.7. The predicted octanol–water partition coefficient (Wildman–Crippen LogP) is 2.77. The second-order valence-corrected chi connectivity index (χ2v) is 7.91. The molecular formula is C16H18BrNO3S. The lowest BCUT2D eigenvalue weighted by molar-refractivity contribution is 0.282. The van der Waals surface area contributed by atoms with Crippen LogP contribution in [-0.2, 0) is 10.0 Å². The van der Waals surface area contributed by atoms with Crippen LogP contribution in [0.3, 0.4) is 0 Å². The van der Waals surface area contributed by atoms with Crippen LogP contribution in [-0.4, -0.2) is 25.0 Å². The van der Waals surface area contributed by atoms with E-state index in [9.17, 15) is 13.5 Å². The Morgan fingerprint density at radius 2 is 1.68 bits per heavy atom. The third kappa shape index (κ3) is 4.16. The molecule has 0 saturated heterocycles. The highest BCUT2D eigenvalue weighted by molar-refractivity contribution is 9.09. The molecular weight excluding hydrogens is 366 g/mol. The molecule has 0 spiro atoms. The molecule has 0 radical (unpaired) electrons. The standard InChI is InChI=1S/C16H18BrNO3S/c1-12-7-9-14(10-8-12)22(20,21)18-16(15(17)11-19)13-5-3-2-4-6-13/h2-10,15-16,18-19H,11H2,1H3/t15-,16+/m0/s1. The van der Waals surface area contributed by atoms with Gasteiger partial charge in [-0.25, -0.2) is 13.1 Å². The number of benzene rings is 2. The molecule has 22 heavy (non-hydrogen) atoms. The van der Waals surface area contributed by atoms with Gasteiger partial charge in [0.2, 0.25) is 10.0 Å². The predicted molar refractivity (Wildman–Crippen MR) is 90.5 cm³/mol. The molecule has 0 aliphatic heterocycles. The van der Waals surface area contributed by atoms with Gasteiger partial charge in [-0.2, -0.15) is 0 Å². The van der Waals surface area contributed by atoms with Crippen LogP contribution in [0.25, 0.3) is 0 Å². The van der Waals surface area contributed by atoms with Gasteiger partial charge in [0.1, 0.15) is 0 Å². The minimum atomic E-state index is -3.67. The van der Waals surface area contributed by atoms with Crippen molar-refractivity contribution in [3.8, 4) is 0 Å². The lowest BCUT2D eigenvalue weighted by atomic mass is 10.1. The number of aryl methyl sites for hydroxylation is 1.